The number of amides is 1. The van der Waals surface area contributed by atoms with Gasteiger partial charge in [-0.1, -0.05) is 91.0 Å². The van der Waals surface area contributed by atoms with E-state index in [1.54, 1.807) is 0 Å². The molecule has 3 aromatic carbocycles. The van der Waals surface area contributed by atoms with Crippen LogP contribution in [0.2, 0.25) is 0 Å². The van der Waals surface area contributed by atoms with Gasteiger partial charge in [0.2, 0.25) is 5.91 Å². The Bertz CT molecular complexity index is 816. The molecule has 1 heterocycles. The van der Waals surface area contributed by atoms with Crippen LogP contribution < -0.4 is 5.84 Å². The van der Waals surface area contributed by atoms with Gasteiger partial charge in [0.15, 0.2) is 0 Å². The van der Waals surface area contributed by atoms with E-state index in [0.29, 0.717) is 19.4 Å². The summed E-state index contributed by atoms with van der Waals surface area (Å²) in [6.07, 6.45) is 1.18. The van der Waals surface area contributed by atoms with Crippen LogP contribution in [-0.4, -0.2) is 23.6 Å². The Labute approximate surface area is 165 Å². The molecule has 1 atom stereocenters. The van der Waals surface area contributed by atoms with Gasteiger partial charge in [-0.05, 0) is 23.1 Å². The summed E-state index contributed by atoms with van der Waals surface area (Å²) in [7, 11) is 0. The van der Waals surface area contributed by atoms with Crippen molar-refractivity contribution < 1.29 is 9.53 Å². The number of hydrogen-bond acceptors (Lipinski definition) is 3. The van der Waals surface area contributed by atoms with Gasteiger partial charge in [0.05, 0.1) is 12.6 Å². The zero-order valence-electron chi connectivity index (χ0n) is 15.7. The van der Waals surface area contributed by atoms with E-state index in [4.69, 9.17) is 10.6 Å². The lowest BCUT2D eigenvalue weighted by Crippen LogP contribution is -2.44. The second-order valence-corrected chi connectivity index (χ2v) is 7.08. The maximum absolute atomic E-state index is 11.9. The maximum Gasteiger partial charge on any atom is 0.236 e. The van der Waals surface area contributed by atoms with E-state index in [2.05, 4.69) is 36.4 Å². The Morgan fingerprint density at radius 2 is 1.25 bits per heavy atom. The smallest absolute Gasteiger partial charge is 0.236 e. The molecule has 2 N–H and O–H groups in total. The van der Waals surface area contributed by atoms with E-state index < -0.39 is 5.60 Å². The topological polar surface area (TPSA) is 55.6 Å². The minimum Gasteiger partial charge on any atom is -0.359 e. The van der Waals surface area contributed by atoms with Gasteiger partial charge >= 0.3 is 0 Å². The van der Waals surface area contributed by atoms with Gasteiger partial charge in [-0.2, -0.15) is 0 Å². The quantitative estimate of drug-likeness (QED) is 0.406. The van der Waals surface area contributed by atoms with Crippen molar-refractivity contribution in [2.24, 2.45) is 5.84 Å². The Balaban J connectivity index is 1.82. The molecule has 1 amide bonds. The van der Waals surface area contributed by atoms with Crippen LogP contribution in [0, 0.1) is 0 Å². The van der Waals surface area contributed by atoms with Gasteiger partial charge in [-0.3, -0.25) is 9.80 Å². The minimum atomic E-state index is -0.781. The van der Waals surface area contributed by atoms with E-state index in [-0.39, 0.29) is 11.9 Å². The van der Waals surface area contributed by atoms with Crippen molar-refractivity contribution in [3.63, 3.8) is 0 Å². The Morgan fingerprint density at radius 3 is 1.61 bits per heavy atom. The summed E-state index contributed by atoms with van der Waals surface area (Å²) in [5, 5.41) is 1.33. The molecule has 4 rings (SSSR count). The molecule has 0 bridgehead atoms. The van der Waals surface area contributed by atoms with Gasteiger partial charge in [0.1, 0.15) is 5.60 Å². The first-order chi connectivity index (χ1) is 13.7. The zero-order chi connectivity index (χ0) is 19.4. The van der Waals surface area contributed by atoms with Crippen molar-refractivity contribution in [1.29, 1.82) is 0 Å². The molecule has 0 aliphatic carbocycles. The molecule has 1 aliphatic heterocycles. The molecule has 1 fully saturated rings. The van der Waals surface area contributed by atoms with Gasteiger partial charge in [-0.25, -0.2) is 5.84 Å². The fourth-order valence-electron chi connectivity index (χ4n) is 3.92. The van der Waals surface area contributed by atoms with E-state index in [9.17, 15) is 4.79 Å². The largest absolute Gasteiger partial charge is 0.359 e. The Morgan fingerprint density at radius 1 is 0.821 bits per heavy atom. The molecule has 3 aromatic rings. The number of rotatable bonds is 6. The highest BCUT2D eigenvalue weighted by Gasteiger charge is 2.39. The number of carbonyl (C=O) groups excluding carboxylic acids is 1. The average molecular weight is 372 g/mol. The zero-order valence-corrected chi connectivity index (χ0v) is 15.7. The lowest BCUT2D eigenvalue weighted by molar-refractivity contribution is -0.130. The van der Waals surface area contributed by atoms with Crippen molar-refractivity contribution in [3.05, 3.63) is 108 Å². The first-order valence-electron chi connectivity index (χ1n) is 9.59. The lowest BCUT2D eigenvalue weighted by atomic mass is 9.80. The summed E-state index contributed by atoms with van der Waals surface area (Å²) < 4.78 is 6.72. The first-order valence-corrected chi connectivity index (χ1v) is 9.59. The molecule has 0 saturated carbocycles. The summed E-state index contributed by atoms with van der Waals surface area (Å²) in [6, 6.07) is 30.5. The highest BCUT2D eigenvalue weighted by atomic mass is 16.5. The van der Waals surface area contributed by atoms with Crippen molar-refractivity contribution in [3.8, 4) is 0 Å². The van der Waals surface area contributed by atoms with Crippen LogP contribution in [0.4, 0.5) is 0 Å². The Kier molecular flexibility index (Phi) is 5.24. The van der Waals surface area contributed by atoms with E-state index in [1.807, 2.05) is 54.6 Å². The lowest BCUT2D eigenvalue weighted by Gasteiger charge is -2.37. The highest BCUT2D eigenvalue weighted by molar-refractivity contribution is 5.78. The summed E-state index contributed by atoms with van der Waals surface area (Å²) in [4.78, 5) is 11.9. The SMILES string of the molecule is NN1C(=O)CCC1COC(c1ccccc1)(c1ccccc1)c1ccccc1. The maximum atomic E-state index is 11.9. The number of hydrogen-bond donors (Lipinski definition) is 1. The molecular formula is C24H24N2O2. The molecule has 28 heavy (non-hydrogen) atoms. The third-order valence-electron chi connectivity index (χ3n) is 5.41. The third-order valence-corrected chi connectivity index (χ3v) is 5.41. The fraction of sp³-hybridized carbons (Fsp3) is 0.208. The van der Waals surface area contributed by atoms with Crippen LogP contribution in [0.5, 0.6) is 0 Å². The van der Waals surface area contributed by atoms with Crippen LogP contribution in [0.1, 0.15) is 29.5 Å². The first kappa shape index (κ1) is 18.4. The van der Waals surface area contributed by atoms with Gasteiger partial charge in [0.25, 0.3) is 0 Å². The molecule has 4 nitrogen and oxygen atoms in total. The number of ether oxygens (including phenoxy) is 1. The molecular weight excluding hydrogens is 348 g/mol. The van der Waals surface area contributed by atoms with Crippen LogP contribution in [0.3, 0.4) is 0 Å². The van der Waals surface area contributed by atoms with Crippen molar-refractivity contribution in [2.45, 2.75) is 24.5 Å². The second-order valence-electron chi connectivity index (χ2n) is 7.08. The molecule has 4 heteroatoms. The molecule has 0 radical (unpaired) electrons. The number of hydrazine groups is 1. The molecule has 1 aliphatic rings. The third kappa shape index (κ3) is 3.33. The number of benzene rings is 3. The van der Waals surface area contributed by atoms with Crippen molar-refractivity contribution in [2.75, 3.05) is 6.61 Å². The van der Waals surface area contributed by atoms with E-state index >= 15 is 0 Å². The molecule has 142 valence electrons. The minimum absolute atomic E-state index is 0.0293. The molecule has 0 aromatic heterocycles. The molecule has 0 spiro atoms. The summed E-state index contributed by atoms with van der Waals surface area (Å²) in [5.74, 6) is 5.94. The van der Waals surface area contributed by atoms with Crippen molar-refractivity contribution in [1.82, 2.24) is 5.01 Å². The fourth-order valence-corrected chi connectivity index (χ4v) is 3.92. The summed E-state index contributed by atoms with van der Waals surface area (Å²) >= 11 is 0. The van der Waals surface area contributed by atoms with E-state index in [0.717, 1.165) is 16.7 Å². The number of nitrogens with two attached hydrogens (primary N) is 1. The predicted octanol–water partition coefficient (Wildman–Crippen LogP) is 3.86. The molecule has 1 unspecified atom stereocenters. The number of carbonyl (C=O) groups is 1. The highest BCUT2D eigenvalue weighted by Crippen LogP contribution is 2.40. The van der Waals surface area contributed by atoms with Crippen LogP contribution in [0.15, 0.2) is 91.0 Å². The predicted molar refractivity (Wildman–Crippen MR) is 109 cm³/mol. The number of nitrogens with zero attached hydrogens (tertiary/aromatic N) is 1. The Hall–Kier alpha value is -2.95. The van der Waals surface area contributed by atoms with Gasteiger partial charge in [-0.15, -0.1) is 0 Å². The normalized spacial score (nSPS) is 17.1. The van der Waals surface area contributed by atoms with Crippen LogP contribution >= 0.6 is 0 Å². The second kappa shape index (κ2) is 7.97. The van der Waals surface area contributed by atoms with Gasteiger partial charge in [0, 0.05) is 6.42 Å². The van der Waals surface area contributed by atoms with Crippen molar-refractivity contribution >= 4 is 5.91 Å². The summed E-state index contributed by atoms with van der Waals surface area (Å²) in [5.41, 5.74) is 2.34. The monoisotopic (exact) mass is 372 g/mol. The van der Waals surface area contributed by atoms with Gasteiger partial charge < -0.3 is 4.74 Å². The van der Waals surface area contributed by atoms with E-state index in [1.165, 1.54) is 5.01 Å². The van der Waals surface area contributed by atoms with Crippen LogP contribution in [0.25, 0.3) is 0 Å². The summed E-state index contributed by atoms with van der Waals surface area (Å²) in [6.45, 7) is 0.362. The average Bonchev–Trinajstić information content (AvgIpc) is 3.09. The van der Waals surface area contributed by atoms with Crippen LogP contribution in [-0.2, 0) is 15.1 Å². The molecule has 1 saturated heterocycles. The standard InChI is InChI=1S/C24H24N2O2/c25-26-22(16-17-23(26)27)18-28-24(19-10-4-1-5-11-19,20-12-6-2-7-13-20)21-14-8-3-9-15-21/h1-15,22H,16-18,25H2.